The monoisotopic (exact) mass is 389 g/mol. The van der Waals surface area contributed by atoms with Crippen molar-refractivity contribution in [1.29, 1.82) is 0 Å². The summed E-state index contributed by atoms with van der Waals surface area (Å²) in [6, 6.07) is 3.23. The summed E-state index contributed by atoms with van der Waals surface area (Å²) < 4.78 is 15.6. The zero-order valence-electron chi connectivity index (χ0n) is 16.3. The van der Waals surface area contributed by atoms with Gasteiger partial charge in [0.1, 0.15) is 0 Å². The Labute approximate surface area is 162 Å². The maximum atomic E-state index is 11.4. The van der Waals surface area contributed by atoms with Crippen molar-refractivity contribution >= 4 is 17.9 Å². The highest BCUT2D eigenvalue weighted by molar-refractivity contribution is 5.74. The third-order valence-electron chi connectivity index (χ3n) is 4.02. The molecule has 0 radical (unpaired) electrons. The Morgan fingerprint density at radius 1 is 1.11 bits per heavy atom. The fourth-order valence-corrected chi connectivity index (χ4v) is 2.55. The first-order valence-corrected chi connectivity index (χ1v) is 8.90. The molecule has 1 aliphatic heterocycles. The molecule has 0 amide bonds. The number of carbonyl (C=O) groups excluding carboxylic acids is 1. The Bertz CT molecular complexity index is 810. The van der Waals surface area contributed by atoms with Crippen LogP contribution < -0.4 is 19.3 Å². The van der Waals surface area contributed by atoms with Crippen molar-refractivity contribution in [2.45, 2.75) is 25.9 Å². The van der Waals surface area contributed by atoms with Gasteiger partial charge in [0.15, 0.2) is 6.10 Å². The Kier molecular flexibility index (Phi) is 6.02. The molecule has 3 heterocycles. The number of aromatic nitrogens is 5. The molecule has 3 rings (SSSR count). The fraction of sp³-hybridized carbons (Fsp3) is 0.529. The number of hydrogen-bond acceptors (Lipinski definition) is 11. The second-order valence-corrected chi connectivity index (χ2v) is 6.40. The van der Waals surface area contributed by atoms with Crippen molar-refractivity contribution in [3.05, 3.63) is 12.1 Å². The normalized spacial score (nSPS) is 14.5. The molecule has 2 aromatic rings. The van der Waals surface area contributed by atoms with Gasteiger partial charge in [0.2, 0.25) is 23.7 Å². The van der Waals surface area contributed by atoms with Gasteiger partial charge in [0.05, 0.1) is 7.11 Å². The molecule has 0 bridgehead atoms. The largest absolute Gasteiger partial charge is 0.466 e. The highest BCUT2D eigenvalue weighted by Gasteiger charge is 2.19. The molecule has 0 aromatic carbocycles. The second kappa shape index (κ2) is 8.63. The van der Waals surface area contributed by atoms with Crippen LogP contribution in [0.2, 0.25) is 0 Å². The molecule has 1 atom stereocenters. The van der Waals surface area contributed by atoms with Crippen LogP contribution >= 0.6 is 0 Å². The first kappa shape index (κ1) is 19.5. The predicted octanol–water partition coefficient (Wildman–Crippen LogP) is 1.06. The lowest BCUT2D eigenvalue weighted by molar-refractivity contribution is -0.148. The van der Waals surface area contributed by atoms with Crippen molar-refractivity contribution in [2.24, 2.45) is 0 Å². The van der Waals surface area contributed by atoms with Gasteiger partial charge in [-0.3, -0.25) is 0 Å². The molecular formula is C17H23N7O4. The molecule has 2 aromatic heterocycles. The van der Waals surface area contributed by atoms with Gasteiger partial charge in [-0.15, -0.1) is 10.2 Å². The van der Waals surface area contributed by atoms with Crippen LogP contribution in [-0.4, -0.2) is 71.5 Å². The average molecular weight is 389 g/mol. The van der Waals surface area contributed by atoms with Crippen LogP contribution in [0.5, 0.6) is 17.8 Å². The summed E-state index contributed by atoms with van der Waals surface area (Å²) in [5, 5.41) is 7.83. The molecule has 0 aliphatic carbocycles. The van der Waals surface area contributed by atoms with Gasteiger partial charge in [-0.05, 0) is 19.8 Å². The average Bonchev–Trinajstić information content (AvgIpc) is 3.23. The molecule has 0 saturated carbocycles. The number of ether oxygens (including phenoxy) is 3. The Morgan fingerprint density at radius 3 is 2.39 bits per heavy atom. The van der Waals surface area contributed by atoms with Crippen LogP contribution in [0.15, 0.2) is 12.1 Å². The molecule has 0 spiro atoms. The van der Waals surface area contributed by atoms with E-state index in [2.05, 4.69) is 34.8 Å². The van der Waals surface area contributed by atoms with Crippen molar-refractivity contribution in [1.82, 2.24) is 25.1 Å². The topological polar surface area (TPSA) is 116 Å². The third kappa shape index (κ3) is 4.72. The number of methoxy groups -OCH3 is 1. The number of anilines is 2. The van der Waals surface area contributed by atoms with E-state index in [0.29, 0.717) is 11.9 Å². The van der Waals surface area contributed by atoms with E-state index in [0.717, 1.165) is 25.9 Å². The fourth-order valence-electron chi connectivity index (χ4n) is 2.55. The van der Waals surface area contributed by atoms with Crippen LogP contribution in [0.1, 0.15) is 19.8 Å². The molecule has 0 unspecified atom stereocenters. The highest BCUT2D eigenvalue weighted by Crippen LogP contribution is 2.23. The Balaban J connectivity index is 1.74. The summed E-state index contributed by atoms with van der Waals surface area (Å²) in [6.45, 7) is 3.37. The van der Waals surface area contributed by atoms with E-state index in [1.54, 1.807) is 17.9 Å². The standard InChI is InChI=1S/C17H23N7O4/c1-11(14(25)26-4)27-12-7-8-13(22-21-12)28-17-19-15(23(2)3)18-16(20-17)24-9-5-6-10-24/h7-8,11H,5-6,9-10H2,1-4H3/t11-/m0/s1. The number of esters is 1. The van der Waals surface area contributed by atoms with Crippen LogP contribution in [0.25, 0.3) is 0 Å². The third-order valence-corrected chi connectivity index (χ3v) is 4.02. The molecule has 150 valence electrons. The minimum absolute atomic E-state index is 0.131. The molecule has 11 heteroatoms. The molecule has 28 heavy (non-hydrogen) atoms. The summed E-state index contributed by atoms with van der Waals surface area (Å²) in [5.74, 6) is 0.935. The maximum absolute atomic E-state index is 11.4. The van der Waals surface area contributed by atoms with Gasteiger partial charge >= 0.3 is 12.0 Å². The second-order valence-electron chi connectivity index (χ2n) is 6.40. The number of carbonyl (C=O) groups is 1. The summed E-state index contributed by atoms with van der Waals surface area (Å²) in [4.78, 5) is 28.4. The van der Waals surface area contributed by atoms with Gasteiger partial charge in [0, 0.05) is 39.3 Å². The van der Waals surface area contributed by atoms with Crippen LogP contribution in [0.4, 0.5) is 11.9 Å². The molecular weight excluding hydrogens is 366 g/mol. The quantitative estimate of drug-likeness (QED) is 0.633. The van der Waals surface area contributed by atoms with E-state index in [-0.39, 0.29) is 17.8 Å². The smallest absolute Gasteiger partial charge is 0.346 e. The van der Waals surface area contributed by atoms with E-state index in [1.165, 1.54) is 13.2 Å². The van der Waals surface area contributed by atoms with Crippen molar-refractivity contribution in [3.8, 4) is 17.8 Å². The summed E-state index contributed by atoms with van der Waals surface area (Å²) in [5.41, 5.74) is 0. The van der Waals surface area contributed by atoms with E-state index in [9.17, 15) is 4.79 Å². The first-order valence-electron chi connectivity index (χ1n) is 8.90. The lowest BCUT2D eigenvalue weighted by Crippen LogP contribution is -2.25. The van der Waals surface area contributed by atoms with Gasteiger partial charge in [-0.1, -0.05) is 0 Å². The van der Waals surface area contributed by atoms with Gasteiger partial charge in [-0.2, -0.15) is 15.0 Å². The van der Waals surface area contributed by atoms with E-state index in [4.69, 9.17) is 9.47 Å². The molecule has 1 fully saturated rings. The Morgan fingerprint density at radius 2 is 1.79 bits per heavy atom. The van der Waals surface area contributed by atoms with Gasteiger partial charge in [-0.25, -0.2) is 4.79 Å². The predicted molar refractivity (Wildman–Crippen MR) is 99.8 cm³/mol. The van der Waals surface area contributed by atoms with Crippen LogP contribution in [0, 0.1) is 0 Å². The molecule has 11 nitrogen and oxygen atoms in total. The minimum atomic E-state index is -0.791. The summed E-state index contributed by atoms with van der Waals surface area (Å²) in [7, 11) is 4.99. The molecule has 1 saturated heterocycles. The number of nitrogens with zero attached hydrogens (tertiary/aromatic N) is 7. The van der Waals surface area contributed by atoms with E-state index >= 15 is 0 Å². The van der Waals surface area contributed by atoms with E-state index < -0.39 is 12.1 Å². The summed E-state index contributed by atoms with van der Waals surface area (Å²) in [6.07, 6.45) is 1.42. The molecule has 0 N–H and O–H groups in total. The first-order chi connectivity index (χ1) is 13.5. The van der Waals surface area contributed by atoms with Crippen molar-refractivity contribution in [3.63, 3.8) is 0 Å². The maximum Gasteiger partial charge on any atom is 0.346 e. The van der Waals surface area contributed by atoms with E-state index in [1.807, 2.05) is 14.1 Å². The number of rotatable bonds is 7. The number of hydrogen-bond donors (Lipinski definition) is 0. The van der Waals surface area contributed by atoms with Crippen molar-refractivity contribution < 1.29 is 19.0 Å². The molecule has 1 aliphatic rings. The van der Waals surface area contributed by atoms with Crippen LogP contribution in [-0.2, 0) is 9.53 Å². The van der Waals surface area contributed by atoms with Crippen molar-refractivity contribution in [2.75, 3.05) is 44.1 Å². The lowest BCUT2D eigenvalue weighted by Gasteiger charge is -2.18. The zero-order chi connectivity index (χ0) is 20.1. The minimum Gasteiger partial charge on any atom is -0.466 e. The zero-order valence-corrected chi connectivity index (χ0v) is 16.3. The SMILES string of the molecule is COC(=O)[C@H](C)Oc1ccc(Oc2nc(N(C)C)nc(N3CCCC3)n2)nn1. The highest BCUT2D eigenvalue weighted by atomic mass is 16.6. The summed E-state index contributed by atoms with van der Waals surface area (Å²) >= 11 is 0. The lowest BCUT2D eigenvalue weighted by atomic mass is 10.4. The van der Waals surface area contributed by atoms with Gasteiger partial charge in [0.25, 0.3) is 0 Å². The Hall–Kier alpha value is -3.24. The van der Waals surface area contributed by atoms with Gasteiger partial charge < -0.3 is 24.0 Å². The van der Waals surface area contributed by atoms with Crippen LogP contribution in [0.3, 0.4) is 0 Å².